The van der Waals surface area contributed by atoms with Gasteiger partial charge in [-0.2, -0.15) is 0 Å². The summed E-state index contributed by atoms with van der Waals surface area (Å²) in [6.45, 7) is 8.12. The highest BCUT2D eigenvalue weighted by molar-refractivity contribution is 5.43. The minimum atomic E-state index is -0.815. The van der Waals surface area contributed by atoms with Gasteiger partial charge in [-0.25, -0.2) is 0 Å². The summed E-state index contributed by atoms with van der Waals surface area (Å²) in [6, 6.07) is 6.16. The van der Waals surface area contributed by atoms with Crippen LogP contribution in [0.1, 0.15) is 44.7 Å². The summed E-state index contributed by atoms with van der Waals surface area (Å²) in [6.07, 6.45) is 1.77. The topological polar surface area (TPSA) is 41.5 Å². The zero-order valence-corrected chi connectivity index (χ0v) is 12.4. The van der Waals surface area contributed by atoms with Crippen molar-refractivity contribution in [2.24, 2.45) is 0 Å². The van der Waals surface area contributed by atoms with Crippen molar-refractivity contribution in [3.8, 4) is 5.75 Å². The SMILES string of the molecule is COc1ccc(C(C)(C)C)cc1C1(O)CCCNC1. The number of β-amino-alcohol motifs (C(OH)–C–C–N with tert-alkyl or cyclic N) is 1. The maximum Gasteiger partial charge on any atom is 0.125 e. The van der Waals surface area contributed by atoms with Crippen LogP contribution in [0.5, 0.6) is 5.75 Å². The molecule has 1 saturated heterocycles. The molecule has 1 aromatic rings. The Morgan fingerprint density at radius 2 is 2.05 bits per heavy atom. The minimum absolute atomic E-state index is 0.0689. The van der Waals surface area contributed by atoms with E-state index < -0.39 is 5.60 Å². The third-order valence-electron chi connectivity index (χ3n) is 3.93. The number of benzene rings is 1. The Hall–Kier alpha value is -1.06. The summed E-state index contributed by atoms with van der Waals surface area (Å²) >= 11 is 0. The zero-order valence-electron chi connectivity index (χ0n) is 12.4. The first-order valence-corrected chi connectivity index (χ1v) is 6.99. The molecule has 0 radical (unpaired) electrons. The van der Waals surface area contributed by atoms with Crippen molar-refractivity contribution >= 4 is 0 Å². The third-order valence-corrected chi connectivity index (χ3v) is 3.93. The molecule has 0 saturated carbocycles. The molecule has 1 aliphatic heterocycles. The molecule has 3 nitrogen and oxygen atoms in total. The first-order valence-electron chi connectivity index (χ1n) is 6.99. The van der Waals surface area contributed by atoms with Crippen molar-refractivity contribution in [2.75, 3.05) is 20.2 Å². The molecular formula is C16H25NO2. The van der Waals surface area contributed by atoms with Gasteiger partial charge >= 0.3 is 0 Å². The van der Waals surface area contributed by atoms with Crippen LogP contribution in [-0.4, -0.2) is 25.3 Å². The van der Waals surface area contributed by atoms with Crippen LogP contribution < -0.4 is 10.1 Å². The molecule has 19 heavy (non-hydrogen) atoms. The number of ether oxygens (including phenoxy) is 1. The lowest BCUT2D eigenvalue weighted by molar-refractivity contribution is 0.0101. The summed E-state index contributed by atoms with van der Waals surface area (Å²) in [5, 5.41) is 14.2. The Kier molecular flexibility index (Phi) is 3.88. The van der Waals surface area contributed by atoms with Crippen LogP contribution in [0, 0.1) is 0 Å². The Balaban J connectivity index is 2.47. The van der Waals surface area contributed by atoms with Crippen LogP contribution in [0.4, 0.5) is 0 Å². The van der Waals surface area contributed by atoms with Crippen molar-refractivity contribution in [1.29, 1.82) is 0 Å². The van der Waals surface area contributed by atoms with E-state index in [0.29, 0.717) is 6.54 Å². The summed E-state index contributed by atoms with van der Waals surface area (Å²) in [5.74, 6) is 0.777. The normalized spacial score (nSPS) is 24.3. The lowest BCUT2D eigenvalue weighted by Crippen LogP contribution is -2.43. The highest BCUT2D eigenvalue weighted by Gasteiger charge is 2.34. The van der Waals surface area contributed by atoms with E-state index in [4.69, 9.17) is 4.74 Å². The Morgan fingerprint density at radius 3 is 2.58 bits per heavy atom. The van der Waals surface area contributed by atoms with Crippen LogP contribution in [0.3, 0.4) is 0 Å². The number of rotatable bonds is 2. The van der Waals surface area contributed by atoms with Gasteiger partial charge in [0.05, 0.1) is 7.11 Å². The molecule has 0 amide bonds. The van der Waals surface area contributed by atoms with Gasteiger partial charge in [-0.15, -0.1) is 0 Å². The highest BCUT2D eigenvalue weighted by Crippen LogP contribution is 2.37. The molecule has 1 unspecified atom stereocenters. The Labute approximate surface area is 116 Å². The molecule has 1 fully saturated rings. The van der Waals surface area contributed by atoms with Crippen molar-refractivity contribution in [2.45, 2.75) is 44.6 Å². The fraction of sp³-hybridized carbons (Fsp3) is 0.625. The lowest BCUT2D eigenvalue weighted by atomic mass is 9.80. The summed E-state index contributed by atoms with van der Waals surface area (Å²) in [7, 11) is 1.66. The van der Waals surface area contributed by atoms with Crippen molar-refractivity contribution in [1.82, 2.24) is 5.32 Å². The molecule has 1 atom stereocenters. The smallest absolute Gasteiger partial charge is 0.125 e. The summed E-state index contributed by atoms with van der Waals surface area (Å²) in [5.41, 5.74) is 1.39. The van der Waals surface area contributed by atoms with Gasteiger partial charge in [0.1, 0.15) is 11.4 Å². The number of piperidine rings is 1. The Bertz CT molecular complexity index is 443. The van der Waals surface area contributed by atoms with Gasteiger partial charge in [0, 0.05) is 12.1 Å². The van der Waals surface area contributed by atoms with Crippen LogP contribution in [0.15, 0.2) is 18.2 Å². The molecule has 3 heteroatoms. The predicted octanol–water partition coefficient (Wildman–Crippen LogP) is 2.56. The molecule has 0 spiro atoms. The van der Waals surface area contributed by atoms with Gasteiger partial charge in [-0.1, -0.05) is 26.8 Å². The van der Waals surface area contributed by atoms with Crippen molar-refractivity contribution in [3.63, 3.8) is 0 Å². The molecular weight excluding hydrogens is 238 g/mol. The largest absolute Gasteiger partial charge is 0.496 e. The molecule has 2 N–H and O–H groups in total. The van der Waals surface area contributed by atoms with E-state index in [0.717, 1.165) is 30.7 Å². The van der Waals surface area contributed by atoms with E-state index in [9.17, 15) is 5.11 Å². The van der Waals surface area contributed by atoms with E-state index in [1.54, 1.807) is 7.11 Å². The van der Waals surface area contributed by atoms with Gasteiger partial charge in [0.15, 0.2) is 0 Å². The van der Waals surface area contributed by atoms with Crippen LogP contribution >= 0.6 is 0 Å². The van der Waals surface area contributed by atoms with Gasteiger partial charge in [-0.05, 0) is 42.5 Å². The Morgan fingerprint density at radius 1 is 1.32 bits per heavy atom. The second-order valence-corrected chi connectivity index (χ2v) is 6.48. The van der Waals surface area contributed by atoms with Crippen LogP contribution in [-0.2, 0) is 11.0 Å². The van der Waals surface area contributed by atoms with Gasteiger partial charge in [0.2, 0.25) is 0 Å². The number of hydrogen-bond acceptors (Lipinski definition) is 3. The van der Waals surface area contributed by atoms with Crippen LogP contribution in [0.2, 0.25) is 0 Å². The molecule has 0 aromatic heterocycles. The van der Waals surface area contributed by atoms with E-state index in [1.807, 2.05) is 6.07 Å². The zero-order chi connectivity index (χ0) is 14.1. The number of aliphatic hydroxyl groups is 1. The first kappa shape index (κ1) is 14.4. The lowest BCUT2D eigenvalue weighted by Gasteiger charge is -2.35. The fourth-order valence-corrected chi connectivity index (χ4v) is 2.66. The standard InChI is InChI=1S/C16H25NO2/c1-15(2,3)12-6-7-14(19-4)13(10-12)16(18)8-5-9-17-11-16/h6-7,10,17-18H,5,8-9,11H2,1-4H3. The second-order valence-electron chi connectivity index (χ2n) is 6.48. The summed E-state index contributed by atoms with van der Waals surface area (Å²) in [4.78, 5) is 0. The van der Waals surface area contributed by atoms with Crippen molar-refractivity contribution in [3.05, 3.63) is 29.3 Å². The van der Waals surface area contributed by atoms with Crippen molar-refractivity contribution < 1.29 is 9.84 Å². The minimum Gasteiger partial charge on any atom is -0.496 e. The average Bonchev–Trinajstić information content (AvgIpc) is 2.38. The van der Waals surface area contributed by atoms with Gasteiger partial charge in [0.25, 0.3) is 0 Å². The van der Waals surface area contributed by atoms with Gasteiger partial charge in [-0.3, -0.25) is 0 Å². The second kappa shape index (κ2) is 5.14. The first-order chi connectivity index (χ1) is 8.87. The molecule has 1 aromatic carbocycles. The molecule has 1 aliphatic rings. The molecule has 1 heterocycles. The number of nitrogens with one attached hydrogen (secondary N) is 1. The predicted molar refractivity (Wildman–Crippen MR) is 77.7 cm³/mol. The molecule has 0 aliphatic carbocycles. The average molecular weight is 263 g/mol. The summed E-state index contributed by atoms with van der Waals surface area (Å²) < 4.78 is 5.44. The molecule has 0 bridgehead atoms. The van der Waals surface area contributed by atoms with E-state index >= 15 is 0 Å². The highest BCUT2D eigenvalue weighted by atomic mass is 16.5. The number of hydrogen-bond donors (Lipinski definition) is 2. The van der Waals surface area contributed by atoms with E-state index in [1.165, 1.54) is 5.56 Å². The van der Waals surface area contributed by atoms with Crippen LogP contribution in [0.25, 0.3) is 0 Å². The quantitative estimate of drug-likeness (QED) is 0.861. The van der Waals surface area contributed by atoms with E-state index in [-0.39, 0.29) is 5.41 Å². The monoisotopic (exact) mass is 263 g/mol. The third kappa shape index (κ3) is 2.93. The molecule has 2 rings (SSSR count). The number of methoxy groups -OCH3 is 1. The molecule has 106 valence electrons. The van der Waals surface area contributed by atoms with E-state index in [2.05, 4.69) is 38.2 Å². The maximum absolute atomic E-state index is 10.9. The fourth-order valence-electron chi connectivity index (χ4n) is 2.66. The maximum atomic E-state index is 10.9. The van der Waals surface area contributed by atoms with Gasteiger partial charge < -0.3 is 15.2 Å².